The number of carbonyl (C=O) groups excluding carboxylic acids is 1. The molecule has 0 aliphatic heterocycles. The Hall–Kier alpha value is -1.25. The van der Waals surface area contributed by atoms with Crippen molar-refractivity contribution in [3.63, 3.8) is 0 Å². The summed E-state index contributed by atoms with van der Waals surface area (Å²) in [6.45, 7) is 3.73. The average molecular weight is 224 g/mol. The van der Waals surface area contributed by atoms with Crippen molar-refractivity contribution in [1.82, 2.24) is 0 Å². The van der Waals surface area contributed by atoms with Crippen LogP contribution in [-0.2, 0) is 4.79 Å². The van der Waals surface area contributed by atoms with Gasteiger partial charge in [0.2, 0.25) is 0 Å². The second-order valence-electron chi connectivity index (χ2n) is 4.59. The molecule has 0 bridgehead atoms. The summed E-state index contributed by atoms with van der Waals surface area (Å²) in [6, 6.07) is 4.17. The molecule has 1 fully saturated rings. The van der Waals surface area contributed by atoms with Crippen LogP contribution in [0.15, 0.2) is 18.2 Å². The van der Waals surface area contributed by atoms with Crippen LogP contribution >= 0.6 is 0 Å². The molecule has 0 aromatic heterocycles. The highest BCUT2D eigenvalue weighted by atomic mass is 19.2. The Bertz CT molecular complexity index is 442. The SMILES string of the molecule is CCC1(C)C(=O)CC1c1cccc(F)c1F. The predicted octanol–water partition coefficient (Wildman–Crippen LogP) is 3.44. The molecule has 3 heteroatoms. The monoisotopic (exact) mass is 224 g/mol. The van der Waals surface area contributed by atoms with Gasteiger partial charge in [0, 0.05) is 17.8 Å². The lowest BCUT2D eigenvalue weighted by atomic mass is 9.56. The molecule has 1 aromatic rings. The molecule has 0 spiro atoms. The van der Waals surface area contributed by atoms with E-state index >= 15 is 0 Å². The van der Waals surface area contributed by atoms with E-state index in [0.717, 1.165) is 6.07 Å². The fourth-order valence-electron chi connectivity index (χ4n) is 2.39. The molecule has 16 heavy (non-hydrogen) atoms. The summed E-state index contributed by atoms with van der Waals surface area (Å²) in [5, 5.41) is 0. The molecule has 0 N–H and O–H groups in total. The van der Waals surface area contributed by atoms with E-state index in [9.17, 15) is 13.6 Å². The molecule has 2 atom stereocenters. The van der Waals surface area contributed by atoms with Crippen molar-refractivity contribution in [2.24, 2.45) is 5.41 Å². The Balaban J connectivity index is 2.40. The molecular formula is C13H14F2O. The number of ketones is 1. The minimum atomic E-state index is -0.838. The van der Waals surface area contributed by atoms with Gasteiger partial charge in [-0.3, -0.25) is 4.79 Å². The van der Waals surface area contributed by atoms with Gasteiger partial charge in [-0.1, -0.05) is 26.0 Å². The Kier molecular flexibility index (Phi) is 2.56. The smallest absolute Gasteiger partial charge is 0.162 e. The van der Waals surface area contributed by atoms with Gasteiger partial charge in [-0.15, -0.1) is 0 Å². The first-order valence-electron chi connectivity index (χ1n) is 5.48. The van der Waals surface area contributed by atoms with Gasteiger partial charge in [0.15, 0.2) is 11.6 Å². The first-order valence-corrected chi connectivity index (χ1v) is 5.48. The molecule has 2 rings (SSSR count). The third-order valence-corrected chi connectivity index (χ3v) is 3.89. The minimum absolute atomic E-state index is 0.142. The lowest BCUT2D eigenvalue weighted by Crippen LogP contribution is -2.45. The van der Waals surface area contributed by atoms with Gasteiger partial charge in [-0.05, 0) is 18.1 Å². The molecule has 0 radical (unpaired) electrons. The van der Waals surface area contributed by atoms with Gasteiger partial charge in [-0.25, -0.2) is 8.78 Å². The van der Waals surface area contributed by atoms with Crippen LogP contribution in [0.4, 0.5) is 8.78 Å². The first-order chi connectivity index (χ1) is 7.50. The lowest BCUT2D eigenvalue weighted by Gasteiger charge is -2.45. The number of benzene rings is 1. The number of halogens is 2. The third kappa shape index (κ3) is 1.38. The summed E-state index contributed by atoms with van der Waals surface area (Å²) in [5.41, 5.74) is -0.182. The van der Waals surface area contributed by atoms with E-state index in [1.165, 1.54) is 6.07 Å². The van der Waals surface area contributed by atoms with Crippen molar-refractivity contribution in [2.75, 3.05) is 0 Å². The van der Waals surface area contributed by atoms with Crippen LogP contribution in [0.2, 0.25) is 0 Å². The maximum Gasteiger partial charge on any atom is 0.162 e. The Morgan fingerprint density at radius 3 is 2.69 bits per heavy atom. The molecule has 1 saturated carbocycles. The summed E-state index contributed by atoms with van der Waals surface area (Å²) in [6.07, 6.45) is 0.983. The van der Waals surface area contributed by atoms with Crippen molar-refractivity contribution in [2.45, 2.75) is 32.6 Å². The van der Waals surface area contributed by atoms with E-state index in [2.05, 4.69) is 0 Å². The van der Waals surface area contributed by atoms with Crippen LogP contribution in [-0.4, -0.2) is 5.78 Å². The van der Waals surface area contributed by atoms with Crippen molar-refractivity contribution >= 4 is 5.78 Å². The Labute approximate surface area is 93.5 Å². The molecule has 1 aliphatic rings. The zero-order chi connectivity index (χ0) is 11.9. The summed E-state index contributed by atoms with van der Waals surface area (Å²) < 4.78 is 26.7. The van der Waals surface area contributed by atoms with Crippen molar-refractivity contribution < 1.29 is 13.6 Å². The highest BCUT2D eigenvalue weighted by Gasteiger charge is 2.51. The number of hydrogen-bond acceptors (Lipinski definition) is 1. The summed E-state index contributed by atoms with van der Waals surface area (Å²) in [4.78, 5) is 11.5. The molecule has 86 valence electrons. The topological polar surface area (TPSA) is 17.1 Å². The molecule has 0 saturated heterocycles. The molecule has 1 nitrogen and oxygen atoms in total. The maximum atomic E-state index is 13.6. The third-order valence-electron chi connectivity index (χ3n) is 3.89. The van der Waals surface area contributed by atoms with E-state index in [0.29, 0.717) is 18.4 Å². The number of Topliss-reactive ketones (excluding diaryl/α,β-unsaturated/α-hetero) is 1. The predicted molar refractivity (Wildman–Crippen MR) is 57.1 cm³/mol. The fourth-order valence-corrected chi connectivity index (χ4v) is 2.39. The zero-order valence-electron chi connectivity index (χ0n) is 9.39. The zero-order valence-corrected chi connectivity index (χ0v) is 9.39. The van der Waals surface area contributed by atoms with Crippen molar-refractivity contribution in [1.29, 1.82) is 0 Å². The summed E-state index contributed by atoms with van der Waals surface area (Å²) in [7, 11) is 0. The molecule has 0 amide bonds. The fraction of sp³-hybridized carbons (Fsp3) is 0.462. The number of hydrogen-bond donors (Lipinski definition) is 0. The summed E-state index contributed by atoms with van der Waals surface area (Å²) >= 11 is 0. The first kappa shape index (κ1) is 11.2. The van der Waals surface area contributed by atoms with Crippen LogP contribution < -0.4 is 0 Å². The Morgan fingerprint density at radius 1 is 1.44 bits per heavy atom. The normalized spacial score (nSPS) is 29.0. The van der Waals surface area contributed by atoms with Gasteiger partial charge >= 0.3 is 0 Å². The standard InChI is InChI=1S/C13H14F2O/c1-3-13(2)9(7-11(13)16)8-5-4-6-10(14)12(8)15/h4-6,9H,3,7H2,1-2H3. The molecular weight excluding hydrogens is 210 g/mol. The lowest BCUT2D eigenvalue weighted by molar-refractivity contribution is -0.139. The van der Waals surface area contributed by atoms with Gasteiger partial charge in [0.05, 0.1) is 0 Å². The largest absolute Gasteiger partial charge is 0.299 e. The molecule has 0 heterocycles. The minimum Gasteiger partial charge on any atom is -0.299 e. The van der Waals surface area contributed by atoms with E-state index in [1.54, 1.807) is 6.07 Å². The van der Waals surface area contributed by atoms with E-state index in [-0.39, 0.29) is 11.7 Å². The highest BCUT2D eigenvalue weighted by Crippen LogP contribution is 2.52. The maximum absolute atomic E-state index is 13.6. The highest BCUT2D eigenvalue weighted by molar-refractivity contribution is 5.93. The second-order valence-corrected chi connectivity index (χ2v) is 4.59. The van der Waals surface area contributed by atoms with Crippen LogP contribution in [0, 0.1) is 17.0 Å². The van der Waals surface area contributed by atoms with Crippen LogP contribution in [0.3, 0.4) is 0 Å². The number of rotatable bonds is 2. The van der Waals surface area contributed by atoms with E-state index in [1.807, 2.05) is 13.8 Å². The molecule has 1 aliphatic carbocycles. The van der Waals surface area contributed by atoms with Crippen LogP contribution in [0.25, 0.3) is 0 Å². The average Bonchev–Trinajstić information content (AvgIpc) is 2.29. The van der Waals surface area contributed by atoms with Crippen LogP contribution in [0.5, 0.6) is 0 Å². The molecule has 1 aromatic carbocycles. The quantitative estimate of drug-likeness (QED) is 0.752. The van der Waals surface area contributed by atoms with Gasteiger partial charge in [0.1, 0.15) is 5.78 Å². The van der Waals surface area contributed by atoms with Crippen molar-refractivity contribution in [3.8, 4) is 0 Å². The summed E-state index contributed by atoms with van der Waals surface area (Å²) in [5.74, 6) is -1.68. The van der Waals surface area contributed by atoms with Gasteiger partial charge in [-0.2, -0.15) is 0 Å². The van der Waals surface area contributed by atoms with Gasteiger partial charge in [0.25, 0.3) is 0 Å². The Morgan fingerprint density at radius 2 is 2.12 bits per heavy atom. The van der Waals surface area contributed by atoms with E-state index in [4.69, 9.17) is 0 Å². The molecule has 2 unspecified atom stereocenters. The van der Waals surface area contributed by atoms with Crippen molar-refractivity contribution in [3.05, 3.63) is 35.4 Å². The second kappa shape index (κ2) is 3.65. The number of carbonyl (C=O) groups is 1. The van der Waals surface area contributed by atoms with Gasteiger partial charge < -0.3 is 0 Å². The van der Waals surface area contributed by atoms with Crippen LogP contribution in [0.1, 0.15) is 38.2 Å². The van der Waals surface area contributed by atoms with E-state index < -0.39 is 17.0 Å².